The molecule has 1 aromatic carbocycles. The lowest BCUT2D eigenvalue weighted by atomic mass is 9.98. The second-order valence-electron chi connectivity index (χ2n) is 4.71. The second kappa shape index (κ2) is 6.69. The lowest BCUT2D eigenvalue weighted by Crippen LogP contribution is -2.34. The van der Waals surface area contributed by atoms with Crippen LogP contribution < -0.4 is 10.1 Å². The van der Waals surface area contributed by atoms with Crippen LogP contribution in [-0.2, 0) is 6.42 Å². The molecule has 1 unspecified atom stereocenters. The molecule has 0 spiro atoms. The Kier molecular flexibility index (Phi) is 4.93. The summed E-state index contributed by atoms with van der Waals surface area (Å²) < 4.78 is 28.6. The van der Waals surface area contributed by atoms with Crippen molar-refractivity contribution in [3.05, 3.63) is 29.8 Å². The van der Waals surface area contributed by atoms with Gasteiger partial charge in [0.2, 0.25) is 0 Å². The van der Waals surface area contributed by atoms with Crippen LogP contribution in [0.4, 0.5) is 8.78 Å². The molecule has 4 heteroatoms. The van der Waals surface area contributed by atoms with E-state index in [1.54, 1.807) is 18.2 Å². The number of hydrogen-bond donors (Lipinski definition) is 1. The molecule has 2 nitrogen and oxygen atoms in total. The van der Waals surface area contributed by atoms with Crippen molar-refractivity contribution in [3.63, 3.8) is 0 Å². The molecule has 1 atom stereocenters. The lowest BCUT2D eigenvalue weighted by Gasteiger charge is -2.23. The Morgan fingerprint density at radius 3 is 2.94 bits per heavy atom. The summed E-state index contributed by atoms with van der Waals surface area (Å²) in [4.78, 5) is 0. The van der Waals surface area contributed by atoms with Crippen LogP contribution in [0.1, 0.15) is 31.2 Å². The summed E-state index contributed by atoms with van der Waals surface area (Å²) >= 11 is 0. The summed E-state index contributed by atoms with van der Waals surface area (Å²) in [7, 11) is 0. The number of piperidine rings is 1. The zero-order chi connectivity index (χ0) is 12.8. The predicted molar refractivity (Wildman–Crippen MR) is 67.0 cm³/mol. The van der Waals surface area contributed by atoms with Crippen LogP contribution in [-0.4, -0.2) is 19.2 Å². The molecule has 0 saturated carbocycles. The van der Waals surface area contributed by atoms with E-state index in [4.69, 9.17) is 0 Å². The maximum Gasteiger partial charge on any atom is 0.387 e. The van der Waals surface area contributed by atoms with Crippen LogP contribution in [0.25, 0.3) is 0 Å². The summed E-state index contributed by atoms with van der Waals surface area (Å²) in [5.74, 6) is 0.249. The quantitative estimate of drug-likeness (QED) is 0.871. The smallest absolute Gasteiger partial charge is 0.387 e. The van der Waals surface area contributed by atoms with Crippen molar-refractivity contribution in [2.45, 2.75) is 44.8 Å². The van der Waals surface area contributed by atoms with Gasteiger partial charge in [0.15, 0.2) is 0 Å². The maximum absolute atomic E-state index is 12.1. The number of alkyl halides is 2. The highest BCUT2D eigenvalue weighted by atomic mass is 19.3. The third-order valence-electron chi connectivity index (χ3n) is 3.32. The highest BCUT2D eigenvalue weighted by molar-refractivity contribution is 5.28. The molecule has 18 heavy (non-hydrogen) atoms. The molecule has 1 aliphatic heterocycles. The van der Waals surface area contributed by atoms with Crippen molar-refractivity contribution in [1.82, 2.24) is 5.32 Å². The Balaban J connectivity index is 1.84. The minimum atomic E-state index is -2.75. The summed E-state index contributed by atoms with van der Waals surface area (Å²) in [6, 6.07) is 7.56. The summed E-state index contributed by atoms with van der Waals surface area (Å²) in [6.45, 7) is -1.65. The van der Waals surface area contributed by atoms with Gasteiger partial charge in [0.25, 0.3) is 0 Å². The Hall–Kier alpha value is -1.16. The van der Waals surface area contributed by atoms with Crippen molar-refractivity contribution in [2.24, 2.45) is 0 Å². The number of nitrogens with one attached hydrogen (secondary N) is 1. The van der Waals surface area contributed by atoms with E-state index in [0.717, 1.165) is 24.9 Å². The van der Waals surface area contributed by atoms with Crippen molar-refractivity contribution in [3.8, 4) is 5.75 Å². The van der Waals surface area contributed by atoms with Gasteiger partial charge in [0.05, 0.1) is 0 Å². The minimum absolute atomic E-state index is 0.249. The molecule has 0 aromatic heterocycles. The van der Waals surface area contributed by atoms with Crippen LogP contribution in [0.15, 0.2) is 24.3 Å². The lowest BCUT2D eigenvalue weighted by molar-refractivity contribution is -0.0498. The van der Waals surface area contributed by atoms with Gasteiger partial charge in [-0.1, -0.05) is 18.6 Å². The van der Waals surface area contributed by atoms with Gasteiger partial charge in [-0.05, 0) is 49.9 Å². The molecular weight excluding hydrogens is 236 g/mol. The monoisotopic (exact) mass is 255 g/mol. The van der Waals surface area contributed by atoms with Crippen LogP contribution in [0, 0.1) is 0 Å². The van der Waals surface area contributed by atoms with Crippen molar-refractivity contribution in [2.75, 3.05) is 6.54 Å². The predicted octanol–water partition coefficient (Wildman–Crippen LogP) is 3.36. The Labute approximate surface area is 106 Å². The van der Waals surface area contributed by atoms with Crippen molar-refractivity contribution < 1.29 is 13.5 Å². The first kappa shape index (κ1) is 13.3. The molecule has 1 saturated heterocycles. The van der Waals surface area contributed by atoms with E-state index >= 15 is 0 Å². The first-order chi connectivity index (χ1) is 8.74. The first-order valence-electron chi connectivity index (χ1n) is 6.51. The zero-order valence-corrected chi connectivity index (χ0v) is 10.4. The Morgan fingerprint density at radius 2 is 2.22 bits per heavy atom. The molecule has 1 aromatic rings. The summed E-state index contributed by atoms with van der Waals surface area (Å²) in [5.41, 5.74) is 1.06. The van der Waals surface area contributed by atoms with E-state index < -0.39 is 6.61 Å². The molecule has 1 heterocycles. The van der Waals surface area contributed by atoms with Gasteiger partial charge in [0, 0.05) is 6.04 Å². The van der Waals surface area contributed by atoms with E-state index in [-0.39, 0.29) is 5.75 Å². The van der Waals surface area contributed by atoms with Gasteiger partial charge in [-0.25, -0.2) is 0 Å². The molecule has 0 bridgehead atoms. The topological polar surface area (TPSA) is 21.3 Å². The largest absolute Gasteiger partial charge is 0.435 e. The van der Waals surface area contributed by atoms with E-state index in [1.165, 1.54) is 19.3 Å². The van der Waals surface area contributed by atoms with E-state index in [9.17, 15) is 8.78 Å². The van der Waals surface area contributed by atoms with Crippen LogP contribution in [0.3, 0.4) is 0 Å². The van der Waals surface area contributed by atoms with Gasteiger partial charge < -0.3 is 10.1 Å². The van der Waals surface area contributed by atoms with Crippen LogP contribution in [0.5, 0.6) is 5.75 Å². The SMILES string of the molecule is FC(F)Oc1cccc(CCC2CCCCN2)c1. The zero-order valence-electron chi connectivity index (χ0n) is 10.4. The van der Waals surface area contributed by atoms with Crippen molar-refractivity contribution >= 4 is 0 Å². The standard InChI is InChI=1S/C14H19F2NO/c15-14(16)18-13-6-3-4-11(10-13)7-8-12-5-1-2-9-17-12/h3-4,6,10,12,14,17H,1-2,5,7-9H2. The highest BCUT2D eigenvalue weighted by Gasteiger charge is 2.12. The summed E-state index contributed by atoms with van der Waals surface area (Å²) in [6.07, 6.45) is 5.71. The first-order valence-corrected chi connectivity index (χ1v) is 6.51. The highest BCUT2D eigenvalue weighted by Crippen LogP contribution is 2.19. The molecule has 2 rings (SSSR count). The third kappa shape index (κ3) is 4.26. The van der Waals surface area contributed by atoms with E-state index in [2.05, 4.69) is 10.1 Å². The molecule has 100 valence electrons. The Bertz CT molecular complexity index is 365. The number of ether oxygens (including phenoxy) is 1. The fourth-order valence-electron chi connectivity index (χ4n) is 2.39. The molecule has 0 aliphatic carbocycles. The molecular formula is C14H19F2NO. The second-order valence-corrected chi connectivity index (χ2v) is 4.71. The average Bonchev–Trinajstić information content (AvgIpc) is 2.37. The molecule has 1 aliphatic rings. The average molecular weight is 255 g/mol. The van der Waals surface area contributed by atoms with Gasteiger partial charge in [-0.15, -0.1) is 0 Å². The normalized spacial score (nSPS) is 20.1. The van der Waals surface area contributed by atoms with Crippen LogP contribution >= 0.6 is 0 Å². The number of aryl methyl sites for hydroxylation is 1. The van der Waals surface area contributed by atoms with E-state index in [0.29, 0.717) is 6.04 Å². The molecule has 0 radical (unpaired) electrons. The molecule has 0 amide bonds. The van der Waals surface area contributed by atoms with Gasteiger partial charge >= 0.3 is 6.61 Å². The van der Waals surface area contributed by atoms with Crippen molar-refractivity contribution in [1.29, 1.82) is 0 Å². The fourth-order valence-corrected chi connectivity index (χ4v) is 2.39. The van der Waals surface area contributed by atoms with Gasteiger partial charge in [0.1, 0.15) is 5.75 Å². The van der Waals surface area contributed by atoms with Gasteiger partial charge in [-0.2, -0.15) is 8.78 Å². The van der Waals surface area contributed by atoms with E-state index in [1.807, 2.05) is 6.07 Å². The number of rotatable bonds is 5. The molecule has 1 N–H and O–H groups in total. The van der Waals surface area contributed by atoms with Crippen LogP contribution in [0.2, 0.25) is 0 Å². The number of hydrogen-bond acceptors (Lipinski definition) is 2. The fraction of sp³-hybridized carbons (Fsp3) is 0.571. The number of benzene rings is 1. The molecule has 1 fully saturated rings. The number of halogens is 2. The minimum Gasteiger partial charge on any atom is -0.435 e. The third-order valence-corrected chi connectivity index (χ3v) is 3.32. The Morgan fingerprint density at radius 1 is 1.33 bits per heavy atom. The van der Waals surface area contributed by atoms with Gasteiger partial charge in [-0.3, -0.25) is 0 Å². The summed E-state index contributed by atoms with van der Waals surface area (Å²) in [5, 5.41) is 3.48. The maximum atomic E-state index is 12.1.